The molecule has 0 aliphatic heterocycles. The quantitative estimate of drug-likeness (QED) is 0.814. The first-order valence-electron chi connectivity index (χ1n) is 6.49. The van der Waals surface area contributed by atoms with Crippen LogP contribution in [0.1, 0.15) is 37.0 Å². The summed E-state index contributed by atoms with van der Waals surface area (Å²) in [7, 11) is 0. The Balaban J connectivity index is 2.47. The van der Waals surface area contributed by atoms with Crippen molar-refractivity contribution in [3.63, 3.8) is 0 Å². The number of anilines is 2. The van der Waals surface area contributed by atoms with Crippen LogP contribution in [0.5, 0.6) is 0 Å². The van der Waals surface area contributed by atoms with Gasteiger partial charge in [-0.05, 0) is 44.7 Å². The zero-order chi connectivity index (χ0) is 14.2. The molecule has 1 aliphatic rings. The summed E-state index contributed by atoms with van der Waals surface area (Å²) in [5.41, 5.74) is 6.83. The van der Waals surface area contributed by atoms with Crippen LogP contribution in [0, 0.1) is 5.92 Å². The van der Waals surface area contributed by atoms with Crippen LogP contribution in [-0.4, -0.2) is 23.7 Å². The number of benzene rings is 1. The van der Waals surface area contributed by atoms with Gasteiger partial charge in [0.15, 0.2) is 0 Å². The lowest BCUT2D eigenvalue weighted by Crippen LogP contribution is -2.34. The van der Waals surface area contributed by atoms with Crippen LogP contribution in [0.15, 0.2) is 12.1 Å². The van der Waals surface area contributed by atoms with Gasteiger partial charge in [-0.1, -0.05) is 11.6 Å². The third-order valence-electron chi connectivity index (χ3n) is 3.38. The molecule has 1 aromatic rings. The molecule has 1 aliphatic carbocycles. The van der Waals surface area contributed by atoms with Crippen LogP contribution in [0.25, 0.3) is 0 Å². The van der Waals surface area contributed by atoms with Crippen molar-refractivity contribution in [2.45, 2.75) is 32.7 Å². The van der Waals surface area contributed by atoms with Crippen LogP contribution >= 0.6 is 11.6 Å². The van der Waals surface area contributed by atoms with Crippen molar-refractivity contribution in [3.8, 4) is 0 Å². The predicted molar refractivity (Wildman–Crippen MR) is 78.0 cm³/mol. The van der Waals surface area contributed by atoms with Gasteiger partial charge in [0.1, 0.15) is 0 Å². The van der Waals surface area contributed by atoms with Gasteiger partial charge in [0, 0.05) is 18.3 Å². The number of carboxylic acid groups (broad SMARTS) is 1. The van der Waals surface area contributed by atoms with Crippen molar-refractivity contribution < 1.29 is 9.90 Å². The standard InChI is InChI=1S/C14H19ClN2O2/c1-8(2)17(7-9-3-4-9)13-11(14(18)19)5-10(16)6-12(13)15/h5-6,8-9H,3-4,7,16H2,1-2H3,(H,18,19). The van der Waals surface area contributed by atoms with Crippen molar-refractivity contribution in [1.82, 2.24) is 0 Å². The maximum atomic E-state index is 11.4. The van der Waals surface area contributed by atoms with Crippen molar-refractivity contribution in [3.05, 3.63) is 22.7 Å². The molecule has 1 fully saturated rings. The van der Waals surface area contributed by atoms with E-state index in [4.69, 9.17) is 17.3 Å². The summed E-state index contributed by atoms with van der Waals surface area (Å²) in [5, 5.41) is 9.76. The molecule has 0 bridgehead atoms. The van der Waals surface area contributed by atoms with E-state index in [1.807, 2.05) is 13.8 Å². The van der Waals surface area contributed by atoms with Crippen molar-refractivity contribution >= 4 is 28.9 Å². The Labute approximate surface area is 118 Å². The van der Waals surface area contributed by atoms with E-state index < -0.39 is 5.97 Å². The average molecular weight is 283 g/mol. The number of carbonyl (C=O) groups is 1. The molecule has 0 heterocycles. The number of halogens is 1. The van der Waals surface area contributed by atoms with Crippen LogP contribution in [-0.2, 0) is 0 Å². The van der Waals surface area contributed by atoms with E-state index in [-0.39, 0.29) is 11.6 Å². The van der Waals surface area contributed by atoms with Gasteiger partial charge in [-0.15, -0.1) is 0 Å². The maximum absolute atomic E-state index is 11.4. The maximum Gasteiger partial charge on any atom is 0.337 e. The number of nitrogens with two attached hydrogens (primary N) is 1. The molecule has 0 atom stereocenters. The molecule has 19 heavy (non-hydrogen) atoms. The third-order valence-corrected chi connectivity index (χ3v) is 3.67. The Morgan fingerprint density at radius 2 is 2.16 bits per heavy atom. The van der Waals surface area contributed by atoms with Crippen molar-refractivity contribution in [1.29, 1.82) is 0 Å². The second kappa shape index (κ2) is 5.29. The van der Waals surface area contributed by atoms with Crippen LogP contribution < -0.4 is 10.6 Å². The SMILES string of the molecule is CC(C)N(CC1CC1)c1c(Cl)cc(N)cc1C(=O)O. The molecule has 1 saturated carbocycles. The molecule has 4 nitrogen and oxygen atoms in total. The molecule has 3 N–H and O–H groups in total. The van der Waals surface area contributed by atoms with E-state index in [1.165, 1.54) is 18.9 Å². The highest BCUT2D eigenvalue weighted by atomic mass is 35.5. The first kappa shape index (κ1) is 14.0. The number of hydrogen-bond acceptors (Lipinski definition) is 3. The fourth-order valence-electron chi connectivity index (χ4n) is 2.21. The van der Waals surface area contributed by atoms with Gasteiger partial charge >= 0.3 is 5.97 Å². The summed E-state index contributed by atoms with van der Waals surface area (Å²) >= 11 is 6.24. The first-order valence-corrected chi connectivity index (χ1v) is 6.87. The number of nitrogens with zero attached hydrogens (tertiary/aromatic N) is 1. The summed E-state index contributed by atoms with van der Waals surface area (Å²) < 4.78 is 0. The van der Waals surface area contributed by atoms with Gasteiger partial charge < -0.3 is 15.7 Å². The van der Waals surface area contributed by atoms with Gasteiger partial charge in [0.05, 0.1) is 16.3 Å². The summed E-state index contributed by atoms with van der Waals surface area (Å²) in [6.45, 7) is 4.93. The number of hydrogen-bond donors (Lipinski definition) is 2. The molecule has 0 amide bonds. The highest BCUT2D eigenvalue weighted by Crippen LogP contribution is 2.38. The van der Waals surface area contributed by atoms with E-state index in [0.717, 1.165) is 6.54 Å². The normalized spacial score (nSPS) is 14.7. The fraction of sp³-hybridized carbons (Fsp3) is 0.500. The van der Waals surface area contributed by atoms with Crippen LogP contribution in [0.3, 0.4) is 0 Å². The second-order valence-corrected chi connectivity index (χ2v) is 5.80. The lowest BCUT2D eigenvalue weighted by molar-refractivity contribution is 0.0697. The molecular formula is C14H19ClN2O2. The molecule has 104 valence electrons. The molecule has 0 radical (unpaired) electrons. The summed E-state index contributed by atoms with van der Waals surface area (Å²) in [5.74, 6) is -0.344. The van der Waals surface area contributed by atoms with Gasteiger partial charge in [-0.3, -0.25) is 0 Å². The molecule has 1 aromatic carbocycles. The van der Waals surface area contributed by atoms with Crippen LogP contribution in [0.2, 0.25) is 5.02 Å². The summed E-state index contributed by atoms with van der Waals surface area (Å²) in [6.07, 6.45) is 2.41. The Morgan fingerprint density at radius 1 is 1.53 bits per heavy atom. The highest BCUT2D eigenvalue weighted by Gasteiger charge is 2.29. The van der Waals surface area contributed by atoms with Crippen molar-refractivity contribution in [2.24, 2.45) is 5.92 Å². The average Bonchev–Trinajstić information content (AvgIpc) is 3.09. The molecule has 0 unspecified atom stereocenters. The molecule has 0 saturated heterocycles. The number of aromatic carboxylic acids is 1. The van der Waals surface area contributed by atoms with E-state index in [0.29, 0.717) is 22.3 Å². The Bertz CT molecular complexity index is 498. The minimum atomic E-state index is -0.995. The lowest BCUT2D eigenvalue weighted by Gasteiger charge is -2.31. The highest BCUT2D eigenvalue weighted by molar-refractivity contribution is 6.34. The van der Waals surface area contributed by atoms with E-state index in [9.17, 15) is 9.90 Å². The van der Waals surface area contributed by atoms with Crippen LogP contribution in [0.4, 0.5) is 11.4 Å². The topological polar surface area (TPSA) is 66.6 Å². The summed E-state index contributed by atoms with van der Waals surface area (Å²) in [6, 6.07) is 3.29. The smallest absolute Gasteiger partial charge is 0.337 e. The van der Waals surface area contributed by atoms with Gasteiger partial charge in [-0.2, -0.15) is 0 Å². The van der Waals surface area contributed by atoms with E-state index >= 15 is 0 Å². The zero-order valence-electron chi connectivity index (χ0n) is 11.2. The Morgan fingerprint density at radius 3 is 2.63 bits per heavy atom. The second-order valence-electron chi connectivity index (χ2n) is 5.39. The number of rotatable bonds is 5. The molecular weight excluding hydrogens is 264 g/mol. The largest absolute Gasteiger partial charge is 0.478 e. The zero-order valence-corrected chi connectivity index (χ0v) is 11.9. The first-order chi connectivity index (χ1) is 8.90. The fourth-order valence-corrected chi connectivity index (χ4v) is 2.55. The number of nitrogen functional groups attached to an aromatic ring is 1. The molecule has 0 spiro atoms. The molecule has 2 rings (SSSR count). The summed E-state index contributed by atoms with van der Waals surface area (Å²) in [4.78, 5) is 13.5. The predicted octanol–water partition coefficient (Wildman–Crippen LogP) is 3.25. The van der Waals surface area contributed by atoms with E-state index in [2.05, 4.69) is 4.90 Å². The molecule has 0 aromatic heterocycles. The Hall–Kier alpha value is -1.42. The minimum absolute atomic E-state index is 0.180. The van der Waals surface area contributed by atoms with Gasteiger partial charge in [0.2, 0.25) is 0 Å². The minimum Gasteiger partial charge on any atom is -0.478 e. The monoisotopic (exact) mass is 282 g/mol. The lowest BCUT2D eigenvalue weighted by atomic mass is 10.1. The Kier molecular flexibility index (Phi) is 3.90. The van der Waals surface area contributed by atoms with Gasteiger partial charge in [-0.25, -0.2) is 4.79 Å². The molecule has 5 heteroatoms. The van der Waals surface area contributed by atoms with Gasteiger partial charge in [0.25, 0.3) is 0 Å². The third kappa shape index (κ3) is 3.13. The van der Waals surface area contributed by atoms with E-state index in [1.54, 1.807) is 6.07 Å². The van der Waals surface area contributed by atoms with Crippen molar-refractivity contribution in [2.75, 3.05) is 17.2 Å². The number of carboxylic acids is 1.